The predicted molar refractivity (Wildman–Crippen MR) is 71.9 cm³/mol. The molecule has 1 fully saturated rings. The molecular formula is C13H22N4O. The molecule has 18 heavy (non-hydrogen) atoms. The number of nitrogens with one attached hydrogen (secondary N) is 1. The standard InChI is InChI=1S/C13H22N4O/c1-9(2)10-7-12(14-3)16-13(15-10)11-8-17(4)5-6-18-11/h7,9,11H,5-6,8H2,1-4H3,(H,14,15,16). The van der Waals surface area contributed by atoms with Gasteiger partial charge < -0.3 is 15.0 Å². The van der Waals surface area contributed by atoms with Crippen LogP contribution in [0.5, 0.6) is 0 Å². The quantitative estimate of drug-likeness (QED) is 0.884. The molecule has 1 saturated heterocycles. The van der Waals surface area contributed by atoms with Gasteiger partial charge in [-0.3, -0.25) is 0 Å². The van der Waals surface area contributed by atoms with E-state index in [1.54, 1.807) is 0 Å². The second kappa shape index (κ2) is 5.63. The molecule has 0 radical (unpaired) electrons. The van der Waals surface area contributed by atoms with E-state index >= 15 is 0 Å². The molecule has 0 aliphatic carbocycles. The van der Waals surface area contributed by atoms with Gasteiger partial charge >= 0.3 is 0 Å². The Labute approximate surface area is 109 Å². The molecule has 1 aliphatic rings. The molecule has 2 rings (SSSR count). The minimum absolute atomic E-state index is 0.0189. The third kappa shape index (κ3) is 2.97. The molecule has 5 heteroatoms. The van der Waals surface area contributed by atoms with Crippen LogP contribution in [0.25, 0.3) is 0 Å². The Balaban J connectivity index is 2.28. The zero-order chi connectivity index (χ0) is 13.1. The minimum atomic E-state index is -0.0189. The third-order valence-corrected chi connectivity index (χ3v) is 3.17. The highest BCUT2D eigenvalue weighted by atomic mass is 16.5. The molecule has 5 nitrogen and oxygen atoms in total. The molecule has 100 valence electrons. The Morgan fingerprint density at radius 1 is 1.44 bits per heavy atom. The van der Waals surface area contributed by atoms with Crippen LogP contribution in [0.15, 0.2) is 6.07 Å². The maximum Gasteiger partial charge on any atom is 0.161 e. The van der Waals surface area contributed by atoms with Gasteiger partial charge in [-0.1, -0.05) is 13.8 Å². The molecular weight excluding hydrogens is 228 g/mol. The van der Waals surface area contributed by atoms with Gasteiger partial charge in [-0.2, -0.15) is 0 Å². The van der Waals surface area contributed by atoms with E-state index in [0.717, 1.165) is 37.0 Å². The number of hydrogen-bond acceptors (Lipinski definition) is 5. The first kappa shape index (κ1) is 13.2. The SMILES string of the molecule is CNc1cc(C(C)C)nc(C2CN(C)CCO2)n1. The average Bonchev–Trinajstić information content (AvgIpc) is 2.38. The first-order valence-electron chi connectivity index (χ1n) is 6.47. The summed E-state index contributed by atoms with van der Waals surface area (Å²) in [6, 6.07) is 2.00. The Hall–Kier alpha value is -1.20. The fourth-order valence-corrected chi connectivity index (χ4v) is 1.99. The predicted octanol–water partition coefficient (Wildman–Crippen LogP) is 1.64. The third-order valence-electron chi connectivity index (χ3n) is 3.17. The van der Waals surface area contributed by atoms with Crippen molar-refractivity contribution in [1.29, 1.82) is 0 Å². The van der Waals surface area contributed by atoms with E-state index in [0.29, 0.717) is 5.92 Å². The van der Waals surface area contributed by atoms with Gasteiger partial charge in [-0.05, 0) is 13.0 Å². The van der Waals surface area contributed by atoms with Gasteiger partial charge in [0.25, 0.3) is 0 Å². The summed E-state index contributed by atoms with van der Waals surface area (Å²) >= 11 is 0. The molecule has 1 aliphatic heterocycles. The first-order valence-corrected chi connectivity index (χ1v) is 6.47. The van der Waals surface area contributed by atoms with Crippen LogP contribution in [0.2, 0.25) is 0 Å². The maximum absolute atomic E-state index is 5.77. The van der Waals surface area contributed by atoms with Gasteiger partial charge in [0.05, 0.1) is 6.61 Å². The number of morpholine rings is 1. The maximum atomic E-state index is 5.77. The molecule has 2 heterocycles. The van der Waals surface area contributed by atoms with Crippen LogP contribution in [0.3, 0.4) is 0 Å². The molecule has 0 saturated carbocycles. The van der Waals surface area contributed by atoms with Gasteiger partial charge in [-0.25, -0.2) is 9.97 Å². The Kier molecular flexibility index (Phi) is 4.14. The summed E-state index contributed by atoms with van der Waals surface area (Å²) in [6.45, 7) is 6.84. The van der Waals surface area contributed by atoms with Crippen LogP contribution in [-0.4, -0.2) is 48.7 Å². The Morgan fingerprint density at radius 2 is 2.22 bits per heavy atom. The topological polar surface area (TPSA) is 50.3 Å². The molecule has 1 aromatic rings. The zero-order valence-electron chi connectivity index (χ0n) is 11.6. The van der Waals surface area contributed by atoms with Crippen LogP contribution in [-0.2, 0) is 4.74 Å². The highest BCUT2D eigenvalue weighted by Crippen LogP contribution is 2.22. The number of hydrogen-bond donors (Lipinski definition) is 1. The second-order valence-electron chi connectivity index (χ2n) is 5.06. The smallest absolute Gasteiger partial charge is 0.161 e. The molecule has 0 aromatic carbocycles. The van der Waals surface area contributed by atoms with Crippen molar-refractivity contribution in [3.63, 3.8) is 0 Å². The van der Waals surface area contributed by atoms with Gasteiger partial charge in [0, 0.05) is 31.9 Å². The lowest BCUT2D eigenvalue weighted by molar-refractivity contribution is -0.0255. The number of ether oxygens (including phenoxy) is 1. The molecule has 0 bridgehead atoms. The lowest BCUT2D eigenvalue weighted by Gasteiger charge is -2.29. The van der Waals surface area contributed by atoms with Crippen LogP contribution in [0.1, 0.15) is 37.4 Å². The normalized spacial score (nSPS) is 21.3. The fraction of sp³-hybridized carbons (Fsp3) is 0.692. The monoisotopic (exact) mass is 250 g/mol. The van der Waals surface area contributed by atoms with E-state index in [-0.39, 0.29) is 6.10 Å². The largest absolute Gasteiger partial charge is 0.373 e. The molecule has 0 amide bonds. The van der Waals surface area contributed by atoms with Gasteiger partial charge in [0.1, 0.15) is 11.9 Å². The van der Waals surface area contributed by atoms with E-state index in [1.165, 1.54) is 0 Å². The number of anilines is 1. The number of nitrogens with zero attached hydrogens (tertiary/aromatic N) is 3. The Bertz CT molecular complexity index is 408. The summed E-state index contributed by atoms with van der Waals surface area (Å²) in [5, 5.41) is 3.09. The van der Waals surface area contributed by atoms with Crippen molar-refractivity contribution in [1.82, 2.24) is 14.9 Å². The van der Waals surface area contributed by atoms with Gasteiger partial charge in [0.15, 0.2) is 5.82 Å². The van der Waals surface area contributed by atoms with Crippen LogP contribution >= 0.6 is 0 Å². The summed E-state index contributed by atoms with van der Waals surface area (Å²) in [4.78, 5) is 11.4. The Morgan fingerprint density at radius 3 is 2.83 bits per heavy atom. The summed E-state index contributed by atoms with van der Waals surface area (Å²) < 4.78 is 5.77. The number of rotatable bonds is 3. The minimum Gasteiger partial charge on any atom is -0.373 e. The number of likely N-dealkylation sites (N-methyl/N-ethyl adjacent to an activating group) is 1. The van der Waals surface area contributed by atoms with Gasteiger partial charge in [-0.15, -0.1) is 0 Å². The van der Waals surface area contributed by atoms with E-state index < -0.39 is 0 Å². The highest BCUT2D eigenvalue weighted by Gasteiger charge is 2.23. The van der Waals surface area contributed by atoms with E-state index in [1.807, 2.05) is 13.1 Å². The lowest BCUT2D eigenvalue weighted by Crippen LogP contribution is -2.36. The first-order chi connectivity index (χ1) is 8.60. The van der Waals surface area contributed by atoms with Crippen molar-refractivity contribution in [3.05, 3.63) is 17.6 Å². The van der Waals surface area contributed by atoms with Crippen molar-refractivity contribution < 1.29 is 4.74 Å². The van der Waals surface area contributed by atoms with E-state index in [9.17, 15) is 0 Å². The summed E-state index contributed by atoms with van der Waals surface area (Å²) in [5.74, 6) is 2.04. The van der Waals surface area contributed by atoms with Crippen molar-refractivity contribution in [2.75, 3.05) is 39.1 Å². The van der Waals surface area contributed by atoms with Crippen molar-refractivity contribution in [3.8, 4) is 0 Å². The van der Waals surface area contributed by atoms with E-state index in [4.69, 9.17) is 4.74 Å². The second-order valence-corrected chi connectivity index (χ2v) is 5.06. The van der Waals surface area contributed by atoms with Crippen LogP contribution < -0.4 is 5.32 Å². The van der Waals surface area contributed by atoms with E-state index in [2.05, 4.69) is 41.1 Å². The highest BCUT2D eigenvalue weighted by molar-refractivity contribution is 5.36. The zero-order valence-corrected chi connectivity index (χ0v) is 11.6. The van der Waals surface area contributed by atoms with Gasteiger partial charge in [0.2, 0.25) is 0 Å². The van der Waals surface area contributed by atoms with Crippen molar-refractivity contribution >= 4 is 5.82 Å². The molecule has 0 spiro atoms. The van der Waals surface area contributed by atoms with Crippen molar-refractivity contribution in [2.24, 2.45) is 0 Å². The summed E-state index contributed by atoms with van der Waals surface area (Å²) in [7, 11) is 3.98. The number of aromatic nitrogens is 2. The van der Waals surface area contributed by atoms with Crippen molar-refractivity contribution in [2.45, 2.75) is 25.9 Å². The molecule has 1 atom stereocenters. The molecule has 1 aromatic heterocycles. The average molecular weight is 250 g/mol. The molecule has 1 unspecified atom stereocenters. The molecule has 1 N–H and O–H groups in total. The summed E-state index contributed by atoms with van der Waals surface area (Å²) in [5.41, 5.74) is 1.06. The summed E-state index contributed by atoms with van der Waals surface area (Å²) in [6.07, 6.45) is -0.0189. The van der Waals surface area contributed by atoms with Crippen LogP contribution in [0, 0.1) is 0 Å². The van der Waals surface area contributed by atoms with Crippen LogP contribution in [0.4, 0.5) is 5.82 Å². The fourth-order valence-electron chi connectivity index (χ4n) is 1.99. The lowest BCUT2D eigenvalue weighted by atomic mass is 10.1.